The number of benzene rings is 1. The predicted molar refractivity (Wildman–Crippen MR) is 78.3 cm³/mol. The van der Waals surface area contributed by atoms with Crippen molar-refractivity contribution in [3.63, 3.8) is 0 Å². The summed E-state index contributed by atoms with van der Waals surface area (Å²) in [5.74, 6) is 0.854. The number of carbonyl (C=O) groups excluding carboxylic acids is 2. The van der Waals surface area contributed by atoms with Crippen molar-refractivity contribution in [1.29, 1.82) is 0 Å². The molecule has 0 bridgehead atoms. The minimum absolute atomic E-state index is 0.0889. The monoisotopic (exact) mass is 285 g/mol. The summed E-state index contributed by atoms with van der Waals surface area (Å²) in [5.41, 5.74) is 0.881. The number of hydrogen-bond donors (Lipinski definition) is 1. The smallest absolute Gasteiger partial charge is 0.261 e. The van der Waals surface area contributed by atoms with Gasteiger partial charge < -0.3 is 9.73 Å². The predicted octanol–water partition coefficient (Wildman–Crippen LogP) is 3.33. The molecule has 0 fully saturated rings. The molecule has 5 heteroatoms. The minimum Gasteiger partial charge on any atom is -0.453 e. The third-order valence-electron chi connectivity index (χ3n) is 2.99. The summed E-state index contributed by atoms with van der Waals surface area (Å²) < 4.78 is 6.44. The van der Waals surface area contributed by atoms with E-state index in [4.69, 9.17) is 4.42 Å². The van der Waals surface area contributed by atoms with Crippen LogP contribution in [0, 0.1) is 0 Å². The van der Waals surface area contributed by atoms with Crippen molar-refractivity contribution >= 4 is 33.6 Å². The van der Waals surface area contributed by atoms with Gasteiger partial charge in [0.05, 0.1) is 4.88 Å². The van der Waals surface area contributed by atoms with Crippen molar-refractivity contribution in [3.05, 3.63) is 47.0 Å². The van der Waals surface area contributed by atoms with E-state index in [1.165, 1.54) is 11.3 Å². The Balaban J connectivity index is 2.05. The zero-order chi connectivity index (χ0) is 14.1. The first-order valence-corrected chi connectivity index (χ1v) is 6.84. The van der Waals surface area contributed by atoms with Crippen LogP contribution in [0.1, 0.15) is 20.2 Å². The fourth-order valence-corrected chi connectivity index (χ4v) is 2.99. The third kappa shape index (κ3) is 2.12. The van der Waals surface area contributed by atoms with Crippen LogP contribution in [0.25, 0.3) is 21.4 Å². The van der Waals surface area contributed by atoms with Gasteiger partial charge in [0.25, 0.3) is 5.91 Å². The molecule has 3 aromatic rings. The average molecular weight is 285 g/mol. The molecule has 100 valence electrons. The molecule has 0 aliphatic rings. The highest BCUT2D eigenvalue weighted by Crippen LogP contribution is 2.30. The van der Waals surface area contributed by atoms with E-state index in [-0.39, 0.29) is 5.91 Å². The molecule has 20 heavy (non-hydrogen) atoms. The number of furan rings is 1. The summed E-state index contributed by atoms with van der Waals surface area (Å²) in [7, 11) is 1.61. The van der Waals surface area contributed by atoms with Gasteiger partial charge in [0.15, 0.2) is 12.0 Å². The Morgan fingerprint density at radius 1 is 1.25 bits per heavy atom. The molecular weight excluding hydrogens is 274 g/mol. The maximum Gasteiger partial charge on any atom is 0.261 e. The molecule has 0 saturated carbocycles. The molecule has 2 heterocycles. The maximum atomic E-state index is 11.6. The van der Waals surface area contributed by atoms with Crippen LogP contribution in [0.4, 0.5) is 0 Å². The lowest BCUT2D eigenvalue weighted by Crippen LogP contribution is -2.15. The second kappa shape index (κ2) is 4.94. The van der Waals surface area contributed by atoms with Crippen LogP contribution in [0.15, 0.2) is 40.8 Å². The van der Waals surface area contributed by atoms with Crippen LogP contribution < -0.4 is 5.32 Å². The van der Waals surface area contributed by atoms with Crippen molar-refractivity contribution in [2.75, 3.05) is 7.05 Å². The average Bonchev–Trinajstić information content (AvgIpc) is 3.11. The van der Waals surface area contributed by atoms with E-state index in [0.29, 0.717) is 22.7 Å². The van der Waals surface area contributed by atoms with Crippen molar-refractivity contribution < 1.29 is 14.0 Å². The quantitative estimate of drug-likeness (QED) is 0.751. The first kappa shape index (κ1) is 12.6. The maximum absolute atomic E-state index is 11.6. The molecule has 0 saturated heterocycles. The first-order chi connectivity index (χ1) is 9.71. The van der Waals surface area contributed by atoms with Gasteiger partial charge in [-0.1, -0.05) is 0 Å². The van der Waals surface area contributed by atoms with Crippen LogP contribution in [0.2, 0.25) is 0 Å². The number of fused-ring (bicyclic) bond motifs is 1. The van der Waals surface area contributed by atoms with Crippen LogP contribution in [0.5, 0.6) is 0 Å². The van der Waals surface area contributed by atoms with Crippen LogP contribution in [0.3, 0.4) is 0 Å². The topological polar surface area (TPSA) is 59.3 Å². The van der Waals surface area contributed by atoms with E-state index in [1.807, 2.05) is 24.3 Å². The minimum atomic E-state index is -0.0889. The molecule has 0 aliphatic heterocycles. The number of amides is 1. The Morgan fingerprint density at radius 2 is 2.10 bits per heavy atom. The zero-order valence-corrected chi connectivity index (χ0v) is 11.5. The Kier molecular flexibility index (Phi) is 3.12. The molecule has 3 rings (SSSR count). The molecule has 0 spiro atoms. The first-order valence-electron chi connectivity index (χ1n) is 6.02. The van der Waals surface area contributed by atoms with Gasteiger partial charge in [0, 0.05) is 17.3 Å². The van der Waals surface area contributed by atoms with Crippen LogP contribution >= 0.6 is 11.3 Å². The summed E-state index contributed by atoms with van der Waals surface area (Å²) in [4.78, 5) is 22.9. The van der Waals surface area contributed by atoms with E-state index in [1.54, 1.807) is 19.2 Å². The number of hydrogen-bond acceptors (Lipinski definition) is 4. The number of aldehydes is 1. The molecular formula is C15H11NO3S. The highest BCUT2D eigenvalue weighted by atomic mass is 32.1. The molecule has 0 unspecified atom stereocenters. The fraction of sp³-hybridized carbons (Fsp3) is 0.0667. The Labute approximate surface area is 119 Å². The highest BCUT2D eigenvalue weighted by molar-refractivity contribution is 7.20. The van der Waals surface area contributed by atoms with E-state index in [0.717, 1.165) is 15.6 Å². The third-order valence-corrected chi connectivity index (χ3v) is 4.11. The largest absolute Gasteiger partial charge is 0.453 e. The van der Waals surface area contributed by atoms with Crippen LogP contribution in [-0.4, -0.2) is 19.2 Å². The standard InChI is InChI=1S/C15H11NO3S/c1-16-15(18)14-7-10-6-9(2-5-13(10)20-14)12-4-3-11(8-17)19-12/h2-8H,1H3,(H,16,18). The van der Waals surface area contributed by atoms with Gasteiger partial charge in [0.1, 0.15) is 5.76 Å². The van der Waals surface area contributed by atoms with E-state index in [9.17, 15) is 9.59 Å². The van der Waals surface area contributed by atoms with E-state index >= 15 is 0 Å². The number of rotatable bonds is 3. The highest BCUT2D eigenvalue weighted by Gasteiger charge is 2.10. The summed E-state index contributed by atoms with van der Waals surface area (Å²) in [6.07, 6.45) is 0.677. The van der Waals surface area contributed by atoms with Crippen molar-refractivity contribution in [2.45, 2.75) is 0 Å². The Bertz CT molecular complexity index is 800. The fourth-order valence-electron chi connectivity index (χ4n) is 2.00. The SMILES string of the molecule is CNC(=O)c1cc2cc(-c3ccc(C=O)o3)ccc2s1. The molecule has 0 atom stereocenters. The molecule has 1 aromatic carbocycles. The van der Waals surface area contributed by atoms with Gasteiger partial charge in [-0.15, -0.1) is 11.3 Å². The number of carbonyl (C=O) groups is 2. The number of thiophene rings is 1. The van der Waals surface area contributed by atoms with Crippen molar-refractivity contribution in [3.8, 4) is 11.3 Å². The lowest BCUT2D eigenvalue weighted by Gasteiger charge is -1.96. The summed E-state index contributed by atoms with van der Waals surface area (Å²) in [6, 6.07) is 11.1. The lowest BCUT2D eigenvalue weighted by molar-refractivity contribution is 0.0966. The number of nitrogens with one attached hydrogen (secondary N) is 1. The second-order valence-corrected chi connectivity index (χ2v) is 5.35. The molecule has 0 radical (unpaired) electrons. The Hall–Kier alpha value is -2.40. The summed E-state index contributed by atoms with van der Waals surface area (Å²) in [5, 5.41) is 3.60. The van der Waals surface area contributed by atoms with Gasteiger partial charge in [-0.05, 0) is 41.8 Å². The van der Waals surface area contributed by atoms with Gasteiger partial charge in [-0.25, -0.2) is 0 Å². The molecule has 4 nitrogen and oxygen atoms in total. The normalized spacial score (nSPS) is 10.7. The van der Waals surface area contributed by atoms with Crippen molar-refractivity contribution in [1.82, 2.24) is 5.32 Å². The van der Waals surface area contributed by atoms with Gasteiger partial charge in [-0.3, -0.25) is 9.59 Å². The van der Waals surface area contributed by atoms with Crippen LogP contribution in [-0.2, 0) is 0 Å². The zero-order valence-electron chi connectivity index (χ0n) is 10.7. The van der Waals surface area contributed by atoms with E-state index < -0.39 is 0 Å². The van der Waals surface area contributed by atoms with Gasteiger partial charge >= 0.3 is 0 Å². The molecule has 1 amide bonds. The lowest BCUT2D eigenvalue weighted by atomic mass is 10.1. The second-order valence-electron chi connectivity index (χ2n) is 4.26. The molecule has 0 aliphatic carbocycles. The summed E-state index contributed by atoms with van der Waals surface area (Å²) in [6.45, 7) is 0. The van der Waals surface area contributed by atoms with Gasteiger partial charge in [0.2, 0.25) is 0 Å². The summed E-state index contributed by atoms with van der Waals surface area (Å²) >= 11 is 1.44. The molecule has 2 aromatic heterocycles. The van der Waals surface area contributed by atoms with E-state index in [2.05, 4.69) is 5.32 Å². The van der Waals surface area contributed by atoms with Gasteiger partial charge in [-0.2, -0.15) is 0 Å². The van der Waals surface area contributed by atoms with Crippen molar-refractivity contribution in [2.24, 2.45) is 0 Å². The molecule has 1 N–H and O–H groups in total. The Morgan fingerprint density at radius 3 is 2.80 bits per heavy atom.